The number of aromatic nitrogens is 4. The van der Waals surface area contributed by atoms with Crippen molar-refractivity contribution in [1.82, 2.24) is 20.0 Å². The number of esters is 1. The molecule has 0 bridgehead atoms. The second kappa shape index (κ2) is 9.05. The molecule has 0 atom stereocenters. The van der Waals surface area contributed by atoms with Crippen molar-refractivity contribution in [2.75, 3.05) is 5.32 Å². The largest absolute Gasteiger partial charge is 0.458 e. The van der Waals surface area contributed by atoms with Crippen LogP contribution in [0.3, 0.4) is 0 Å². The Balaban J connectivity index is 1.29. The Morgan fingerprint density at radius 3 is 2.87 bits per heavy atom. The summed E-state index contributed by atoms with van der Waals surface area (Å²) >= 11 is 1.36. The van der Waals surface area contributed by atoms with E-state index in [1.807, 2.05) is 56.3 Å². The lowest BCUT2D eigenvalue weighted by molar-refractivity contribution is -0.146. The summed E-state index contributed by atoms with van der Waals surface area (Å²) in [6, 6.07) is 13.3. The number of rotatable bonds is 7. The van der Waals surface area contributed by atoms with E-state index >= 15 is 0 Å². The van der Waals surface area contributed by atoms with Gasteiger partial charge in [-0.2, -0.15) is 0 Å². The molecule has 0 radical (unpaired) electrons. The molecule has 158 valence electrons. The van der Waals surface area contributed by atoms with Crippen LogP contribution in [-0.2, 0) is 33.9 Å². The molecule has 0 saturated heterocycles. The number of anilines is 1. The summed E-state index contributed by atoms with van der Waals surface area (Å²) in [5, 5.41) is 13.4. The highest BCUT2D eigenvalue weighted by molar-refractivity contribution is 7.09. The number of thiazole rings is 1. The minimum atomic E-state index is -0.433. The van der Waals surface area contributed by atoms with Crippen LogP contribution in [0.4, 0.5) is 5.69 Å². The van der Waals surface area contributed by atoms with Crippen molar-refractivity contribution in [2.24, 2.45) is 0 Å². The molecule has 0 unspecified atom stereocenters. The maximum atomic E-state index is 12.4. The summed E-state index contributed by atoms with van der Waals surface area (Å²) in [4.78, 5) is 28.9. The number of amides is 1. The van der Waals surface area contributed by atoms with Crippen LogP contribution >= 0.6 is 11.3 Å². The third-order valence-corrected chi connectivity index (χ3v) is 5.56. The number of carbonyl (C=O) groups excluding carboxylic acids is 2. The molecule has 2 aromatic heterocycles. The summed E-state index contributed by atoms with van der Waals surface area (Å²) < 4.78 is 6.81. The standard InChI is InChI=1S/C22H21N5O3S/c1-14-7-8-15(2)18(9-14)24-20(28)10-21-23-16(13-31-21)12-30-22(29)11-27-19-6-4-3-5-17(19)25-26-27/h3-9,13H,10-12H2,1-2H3,(H,24,28). The number of para-hydroxylation sites is 1. The molecule has 31 heavy (non-hydrogen) atoms. The number of nitrogens with zero attached hydrogens (tertiary/aromatic N) is 4. The minimum absolute atomic E-state index is 0.0320. The second-order valence-corrected chi connectivity index (χ2v) is 8.12. The molecule has 0 spiro atoms. The van der Waals surface area contributed by atoms with Crippen molar-refractivity contribution in [3.63, 3.8) is 0 Å². The van der Waals surface area contributed by atoms with Gasteiger partial charge >= 0.3 is 5.97 Å². The maximum absolute atomic E-state index is 12.4. The van der Waals surface area contributed by atoms with Crippen molar-refractivity contribution in [1.29, 1.82) is 0 Å². The van der Waals surface area contributed by atoms with Crippen molar-refractivity contribution in [3.8, 4) is 0 Å². The molecule has 0 saturated carbocycles. The van der Waals surface area contributed by atoms with Gasteiger partial charge in [0.1, 0.15) is 23.7 Å². The average Bonchev–Trinajstić information content (AvgIpc) is 3.36. The van der Waals surface area contributed by atoms with E-state index < -0.39 is 5.97 Å². The van der Waals surface area contributed by atoms with Gasteiger partial charge in [0.25, 0.3) is 0 Å². The van der Waals surface area contributed by atoms with Gasteiger partial charge in [0.05, 0.1) is 17.6 Å². The van der Waals surface area contributed by atoms with Crippen LogP contribution in [0.5, 0.6) is 0 Å². The van der Waals surface area contributed by atoms with E-state index in [1.54, 1.807) is 5.38 Å². The number of aryl methyl sites for hydroxylation is 2. The van der Waals surface area contributed by atoms with E-state index in [9.17, 15) is 9.59 Å². The topological polar surface area (TPSA) is 99.0 Å². The molecule has 0 fully saturated rings. The fourth-order valence-electron chi connectivity index (χ4n) is 3.06. The van der Waals surface area contributed by atoms with E-state index in [0.717, 1.165) is 27.8 Å². The van der Waals surface area contributed by atoms with Crippen LogP contribution in [-0.4, -0.2) is 31.9 Å². The first-order valence-corrected chi connectivity index (χ1v) is 10.6. The molecule has 0 aliphatic rings. The number of carbonyl (C=O) groups is 2. The highest BCUT2D eigenvalue weighted by atomic mass is 32.1. The van der Waals surface area contributed by atoms with Crippen LogP contribution in [0.2, 0.25) is 0 Å². The van der Waals surface area contributed by atoms with Gasteiger partial charge in [0, 0.05) is 11.1 Å². The van der Waals surface area contributed by atoms with E-state index in [4.69, 9.17) is 4.74 Å². The summed E-state index contributed by atoms with van der Waals surface area (Å²) in [7, 11) is 0. The number of hydrogen-bond donors (Lipinski definition) is 1. The highest BCUT2D eigenvalue weighted by Crippen LogP contribution is 2.18. The number of benzene rings is 2. The normalized spacial score (nSPS) is 10.9. The SMILES string of the molecule is Cc1ccc(C)c(NC(=O)Cc2nc(COC(=O)Cn3nnc4ccccc43)cs2)c1. The number of hydrogen-bond acceptors (Lipinski definition) is 7. The zero-order valence-electron chi connectivity index (χ0n) is 17.2. The van der Waals surface area contributed by atoms with Crippen molar-refractivity contribution in [2.45, 2.75) is 33.4 Å². The molecule has 2 heterocycles. The van der Waals surface area contributed by atoms with E-state index in [2.05, 4.69) is 20.6 Å². The maximum Gasteiger partial charge on any atom is 0.328 e. The summed E-state index contributed by atoms with van der Waals surface area (Å²) in [6.45, 7) is 3.94. The molecular formula is C22H21N5O3S. The minimum Gasteiger partial charge on any atom is -0.458 e. The highest BCUT2D eigenvalue weighted by Gasteiger charge is 2.13. The van der Waals surface area contributed by atoms with Gasteiger partial charge in [0.15, 0.2) is 0 Å². The molecule has 8 nitrogen and oxygen atoms in total. The van der Waals surface area contributed by atoms with Gasteiger partial charge in [-0.05, 0) is 43.2 Å². The van der Waals surface area contributed by atoms with Gasteiger partial charge < -0.3 is 10.1 Å². The molecular weight excluding hydrogens is 414 g/mol. The third kappa shape index (κ3) is 5.13. The Morgan fingerprint density at radius 2 is 2.00 bits per heavy atom. The zero-order chi connectivity index (χ0) is 21.8. The molecule has 4 rings (SSSR count). The second-order valence-electron chi connectivity index (χ2n) is 7.17. The van der Waals surface area contributed by atoms with Gasteiger partial charge in [-0.1, -0.05) is 29.5 Å². The Morgan fingerprint density at radius 1 is 1.16 bits per heavy atom. The van der Waals surface area contributed by atoms with Crippen LogP contribution < -0.4 is 5.32 Å². The number of fused-ring (bicyclic) bond motifs is 1. The van der Waals surface area contributed by atoms with E-state index in [-0.39, 0.29) is 25.5 Å². The number of ether oxygens (including phenoxy) is 1. The third-order valence-electron chi connectivity index (χ3n) is 4.66. The first-order valence-electron chi connectivity index (χ1n) is 9.72. The molecule has 0 aliphatic heterocycles. The first kappa shape index (κ1) is 20.7. The monoisotopic (exact) mass is 435 g/mol. The lowest BCUT2D eigenvalue weighted by atomic mass is 10.1. The predicted octanol–water partition coefficient (Wildman–Crippen LogP) is 3.43. The van der Waals surface area contributed by atoms with Gasteiger partial charge in [-0.25, -0.2) is 9.67 Å². The molecule has 4 aromatic rings. The lowest BCUT2D eigenvalue weighted by Gasteiger charge is -2.08. The quantitative estimate of drug-likeness (QED) is 0.447. The molecule has 1 amide bonds. The van der Waals surface area contributed by atoms with Crippen molar-refractivity contribution in [3.05, 3.63) is 69.7 Å². The van der Waals surface area contributed by atoms with Crippen LogP contribution in [0.15, 0.2) is 47.8 Å². The lowest BCUT2D eigenvalue weighted by Crippen LogP contribution is -2.16. The molecule has 9 heteroatoms. The van der Waals surface area contributed by atoms with Crippen LogP contribution in [0, 0.1) is 13.8 Å². The van der Waals surface area contributed by atoms with Crippen molar-refractivity contribution >= 4 is 39.9 Å². The molecule has 1 N–H and O–H groups in total. The summed E-state index contributed by atoms with van der Waals surface area (Å²) in [5.74, 6) is -0.567. The first-order chi connectivity index (χ1) is 15.0. The summed E-state index contributed by atoms with van der Waals surface area (Å²) in [5.41, 5.74) is 4.99. The molecule has 2 aromatic carbocycles. The van der Waals surface area contributed by atoms with Gasteiger partial charge in [0.2, 0.25) is 5.91 Å². The van der Waals surface area contributed by atoms with Crippen LogP contribution in [0.1, 0.15) is 21.8 Å². The van der Waals surface area contributed by atoms with E-state index in [1.165, 1.54) is 16.0 Å². The fourth-order valence-corrected chi connectivity index (χ4v) is 3.83. The Kier molecular flexibility index (Phi) is 6.03. The van der Waals surface area contributed by atoms with Gasteiger partial charge in [-0.3, -0.25) is 9.59 Å². The van der Waals surface area contributed by atoms with E-state index in [0.29, 0.717) is 10.7 Å². The Labute approximate surface area is 182 Å². The van der Waals surface area contributed by atoms with Crippen LogP contribution in [0.25, 0.3) is 11.0 Å². The Hall–Kier alpha value is -3.59. The number of nitrogens with one attached hydrogen (secondary N) is 1. The smallest absolute Gasteiger partial charge is 0.328 e. The average molecular weight is 436 g/mol. The summed E-state index contributed by atoms with van der Waals surface area (Å²) in [6.07, 6.45) is 0.164. The fraction of sp³-hybridized carbons (Fsp3) is 0.227. The predicted molar refractivity (Wildman–Crippen MR) is 118 cm³/mol. The van der Waals surface area contributed by atoms with Crippen molar-refractivity contribution < 1.29 is 14.3 Å². The van der Waals surface area contributed by atoms with Gasteiger partial charge in [-0.15, -0.1) is 16.4 Å². The molecule has 0 aliphatic carbocycles. The Bertz CT molecular complexity index is 1250. The zero-order valence-corrected chi connectivity index (χ0v) is 18.0.